The van der Waals surface area contributed by atoms with Crippen LogP contribution in [0.5, 0.6) is 0 Å². The zero-order chi connectivity index (χ0) is 18.5. The molecule has 27 heavy (non-hydrogen) atoms. The third-order valence-corrected chi connectivity index (χ3v) is 7.17. The van der Waals surface area contributed by atoms with Crippen LogP contribution in [-0.4, -0.2) is 31.4 Å². The van der Waals surface area contributed by atoms with Crippen molar-refractivity contribution in [1.82, 2.24) is 24.8 Å². The molecule has 0 spiro atoms. The molecule has 0 saturated heterocycles. The highest BCUT2D eigenvalue weighted by Crippen LogP contribution is 2.36. The van der Waals surface area contributed by atoms with Gasteiger partial charge in [-0.3, -0.25) is 9.69 Å². The van der Waals surface area contributed by atoms with Gasteiger partial charge in [0.15, 0.2) is 0 Å². The summed E-state index contributed by atoms with van der Waals surface area (Å²) in [5.41, 5.74) is 3.56. The molecule has 3 aromatic heterocycles. The molecule has 0 saturated carbocycles. The van der Waals surface area contributed by atoms with Gasteiger partial charge in [-0.1, -0.05) is 6.92 Å². The molecule has 140 valence electrons. The lowest BCUT2D eigenvalue weighted by Gasteiger charge is -2.32. The molecule has 1 aliphatic carbocycles. The fraction of sp³-hybridized carbons (Fsp3) is 0.500. The molecule has 0 aromatic carbocycles. The van der Waals surface area contributed by atoms with E-state index in [0.29, 0.717) is 5.92 Å². The van der Waals surface area contributed by atoms with Crippen LogP contribution in [0.4, 0.5) is 0 Å². The van der Waals surface area contributed by atoms with Crippen molar-refractivity contribution in [2.45, 2.75) is 52.1 Å². The number of aromatic nitrogens is 4. The third-order valence-electron chi connectivity index (χ3n) is 6.02. The number of H-pyrrole nitrogens is 1. The number of hydrogen-bond acceptors (Lipinski definition) is 6. The molecule has 1 N–H and O–H groups in total. The van der Waals surface area contributed by atoms with Crippen LogP contribution in [0, 0.1) is 5.92 Å². The Bertz CT molecular complexity index is 1070. The number of hydrogen-bond donors (Lipinski definition) is 1. The third kappa shape index (κ3) is 2.89. The first-order valence-electron chi connectivity index (χ1n) is 9.66. The molecule has 5 rings (SSSR count). The van der Waals surface area contributed by atoms with Crippen LogP contribution < -0.4 is 5.56 Å². The van der Waals surface area contributed by atoms with E-state index in [0.717, 1.165) is 60.5 Å². The predicted octanol–water partition coefficient (Wildman–Crippen LogP) is 3.02. The monoisotopic (exact) mass is 381 g/mol. The number of nitrogens with one attached hydrogen (secondary N) is 1. The van der Waals surface area contributed by atoms with E-state index in [2.05, 4.69) is 33.7 Å². The molecule has 3 aromatic rings. The normalized spacial score (nSPS) is 21.0. The largest absolute Gasteiger partial charge is 0.309 e. The summed E-state index contributed by atoms with van der Waals surface area (Å²) in [6.07, 6.45) is 7.65. The Morgan fingerprint density at radius 1 is 1.37 bits per heavy atom. The molecule has 2 atom stereocenters. The summed E-state index contributed by atoms with van der Waals surface area (Å²) >= 11 is 1.71. The molecule has 2 unspecified atom stereocenters. The maximum absolute atomic E-state index is 12.9. The summed E-state index contributed by atoms with van der Waals surface area (Å²) in [4.78, 5) is 34.0. The molecule has 6 nitrogen and oxygen atoms in total. The highest BCUT2D eigenvalue weighted by atomic mass is 32.1. The standard InChI is InChI=1S/C20H23N5OS/c1-11-3-4-14-16(7-11)27-20-17(14)19(26)23-18(24-20)12(2)25-6-5-15-13(9-25)8-21-10-22-15/h8,10-12H,3-7,9H2,1-2H3,(H,23,24,26). The molecule has 7 heteroatoms. The lowest BCUT2D eigenvalue weighted by atomic mass is 9.89. The van der Waals surface area contributed by atoms with Gasteiger partial charge in [0, 0.05) is 41.8 Å². The Balaban J connectivity index is 1.49. The topological polar surface area (TPSA) is 74.8 Å². The van der Waals surface area contributed by atoms with Crippen LogP contribution in [0.15, 0.2) is 17.3 Å². The highest BCUT2D eigenvalue weighted by Gasteiger charge is 2.27. The second kappa shape index (κ2) is 6.49. The van der Waals surface area contributed by atoms with Crippen molar-refractivity contribution in [3.63, 3.8) is 0 Å². The van der Waals surface area contributed by atoms with Gasteiger partial charge in [0.2, 0.25) is 0 Å². The van der Waals surface area contributed by atoms with Gasteiger partial charge in [-0.05, 0) is 37.7 Å². The average molecular weight is 382 g/mol. The number of aromatic amines is 1. The molecule has 0 bridgehead atoms. The number of fused-ring (bicyclic) bond motifs is 4. The number of thiophene rings is 1. The van der Waals surface area contributed by atoms with Gasteiger partial charge in [-0.2, -0.15) is 0 Å². The van der Waals surface area contributed by atoms with Gasteiger partial charge in [0.05, 0.1) is 11.4 Å². The van der Waals surface area contributed by atoms with Crippen LogP contribution in [-0.2, 0) is 25.8 Å². The van der Waals surface area contributed by atoms with Gasteiger partial charge < -0.3 is 4.98 Å². The molecule has 0 radical (unpaired) electrons. The fourth-order valence-electron chi connectivity index (χ4n) is 4.36. The van der Waals surface area contributed by atoms with Crippen molar-refractivity contribution >= 4 is 21.6 Å². The van der Waals surface area contributed by atoms with Crippen molar-refractivity contribution in [3.8, 4) is 0 Å². The van der Waals surface area contributed by atoms with E-state index in [1.165, 1.54) is 16.0 Å². The molecule has 2 aliphatic rings. The average Bonchev–Trinajstić information content (AvgIpc) is 3.04. The van der Waals surface area contributed by atoms with E-state index in [1.807, 2.05) is 6.20 Å². The minimum atomic E-state index is 0.0228. The second-order valence-corrected chi connectivity index (χ2v) is 8.96. The molecule has 4 heterocycles. The van der Waals surface area contributed by atoms with Gasteiger partial charge in [0.1, 0.15) is 17.0 Å². The lowest BCUT2D eigenvalue weighted by molar-refractivity contribution is 0.183. The number of nitrogens with zero attached hydrogens (tertiary/aromatic N) is 4. The summed E-state index contributed by atoms with van der Waals surface area (Å²) in [7, 11) is 0. The van der Waals surface area contributed by atoms with Crippen LogP contribution in [0.1, 0.15) is 53.8 Å². The minimum absolute atomic E-state index is 0.0228. The van der Waals surface area contributed by atoms with E-state index in [1.54, 1.807) is 17.7 Å². The van der Waals surface area contributed by atoms with Crippen molar-refractivity contribution in [1.29, 1.82) is 0 Å². The maximum atomic E-state index is 12.9. The summed E-state index contributed by atoms with van der Waals surface area (Å²) in [6.45, 7) is 6.10. The van der Waals surface area contributed by atoms with Crippen molar-refractivity contribution in [3.05, 3.63) is 50.4 Å². The van der Waals surface area contributed by atoms with Gasteiger partial charge >= 0.3 is 0 Å². The minimum Gasteiger partial charge on any atom is -0.309 e. The van der Waals surface area contributed by atoms with Crippen molar-refractivity contribution < 1.29 is 0 Å². The Labute approximate surface area is 161 Å². The smallest absolute Gasteiger partial charge is 0.259 e. The van der Waals surface area contributed by atoms with E-state index in [9.17, 15) is 4.79 Å². The molecule has 0 amide bonds. The molecule has 1 aliphatic heterocycles. The van der Waals surface area contributed by atoms with Crippen LogP contribution in [0.25, 0.3) is 10.2 Å². The Morgan fingerprint density at radius 2 is 2.26 bits per heavy atom. The van der Waals surface area contributed by atoms with Crippen LogP contribution >= 0.6 is 11.3 Å². The van der Waals surface area contributed by atoms with Crippen LogP contribution in [0.2, 0.25) is 0 Å². The fourth-order valence-corrected chi connectivity index (χ4v) is 5.75. The molecular weight excluding hydrogens is 358 g/mol. The van der Waals surface area contributed by atoms with Gasteiger partial charge in [0.25, 0.3) is 5.56 Å². The van der Waals surface area contributed by atoms with Crippen LogP contribution in [0.3, 0.4) is 0 Å². The SMILES string of the molecule is CC1CCc2c(sc3nc(C(C)N4CCc5ncncc5C4)[nH]c(=O)c23)C1. The number of aryl methyl sites for hydroxylation is 1. The predicted molar refractivity (Wildman–Crippen MR) is 106 cm³/mol. The van der Waals surface area contributed by atoms with Crippen molar-refractivity contribution in [2.75, 3.05) is 6.54 Å². The number of rotatable bonds is 2. The Morgan fingerprint density at radius 3 is 3.15 bits per heavy atom. The summed E-state index contributed by atoms with van der Waals surface area (Å²) in [5.74, 6) is 1.46. The lowest BCUT2D eigenvalue weighted by Crippen LogP contribution is -2.35. The van der Waals surface area contributed by atoms with Gasteiger partial charge in [-0.25, -0.2) is 15.0 Å². The van der Waals surface area contributed by atoms with E-state index < -0.39 is 0 Å². The van der Waals surface area contributed by atoms with E-state index in [4.69, 9.17) is 4.98 Å². The van der Waals surface area contributed by atoms with E-state index in [-0.39, 0.29) is 11.6 Å². The summed E-state index contributed by atoms with van der Waals surface area (Å²) in [5, 5.41) is 0.829. The zero-order valence-corrected chi connectivity index (χ0v) is 16.5. The zero-order valence-electron chi connectivity index (χ0n) is 15.7. The first kappa shape index (κ1) is 17.0. The first-order valence-corrected chi connectivity index (χ1v) is 10.5. The summed E-state index contributed by atoms with van der Waals surface area (Å²) < 4.78 is 0. The van der Waals surface area contributed by atoms with Crippen molar-refractivity contribution in [2.24, 2.45) is 5.92 Å². The quantitative estimate of drug-likeness (QED) is 0.739. The summed E-state index contributed by atoms with van der Waals surface area (Å²) in [6, 6.07) is 0.0495. The molecule has 0 fully saturated rings. The first-order chi connectivity index (χ1) is 13.1. The van der Waals surface area contributed by atoms with Gasteiger partial charge in [-0.15, -0.1) is 11.3 Å². The Hall–Kier alpha value is -2.12. The highest BCUT2D eigenvalue weighted by molar-refractivity contribution is 7.18. The van der Waals surface area contributed by atoms with E-state index >= 15 is 0 Å². The second-order valence-electron chi connectivity index (χ2n) is 7.87. The Kier molecular flexibility index (Phi) is 4.09. The maximum Gasteiger partial charge on any atom is 0.259 e. The molecular formula is C20H23N5OS.